The first-order valence-corrected chi connectivity index (χ1v) is 15.0. The normalized spacial score (nSPS) is 17.0. The van der Waals surface area contributed by atoms with Crippen LogP contribution in [0.25, 0.3) is 10.8 Å². The summed E-state index contributed by atoms with van der Waals surface area (Å²) in [4.78, 5) is 12.8. The lowest BCUT2D eigenvalue weighted by Crippen LogP contribution is -2.48. The Morgan fingerprint density at radius 3 is 1.18 bits per heavy atom. The van der Waals surface area contributed by atoms with Crippen LogP contribution in [0, 0.1) is 0 Å². The average Bonchev–Trinajstić information content (AvgIpc) is 3.34. The van der Waals surface area contributed by atoms with Crippen LogP contribution >= 0.6 is 7.94 Å². The average molecular weight is 540 g/mol. The number of rotatable bonds is 5. The zero-order valence-corrected chi connectivity index (χ0v) is 22.7. The van der Waals surface area contributed by atoms with Crippen LogP contribution in [-0.2, 0) is 20.2 Å². The second-order valence-corrected chi connectivity index (χ2v) is 11.9. The van der Waals surface area contributed by atoms with Gasteiger partial charge in [-0.15, -0.1) is 0 Å². The molecule has 0 radical (unpaired) electrons. The molecule has 4 heteroatoms. The van der Waals surface area contributed by atoms with Crippen molar-refractivity contribution in [3.63, 3.8) is 0 Å². The molecule has 7 rings (SSSR count). The van der Waals surface area contributed by atoms with E-state index in [1.165, 1.54) is 0 Å². The molecular formula is C36H28O3P+. The van der Waals surface area contributed by atoms with Gasteiger partial charge in [0.1, 0.15) is 0 Å². The van der Waals surface area contributed by atoms with Gasteiger partial charge in [0.15, 0.2) is 5.30 Å². The van der Waals surface area contributed by atoms with Crippen molar-refractivity contribution in [2.45, 2.75) is 11.2 Å². The third-order valence-corrected chi connectivity index (χ3v) is 9.85. The Hall–Kier alpha value is -4.11. The zero-order chi connectivity index (χ0) is 27.0. The van der Waals surface area contributed by atoms with Crippen LogP contribution in [0.5, 0.6) is 0 Å². The third kappa shape index (κ3) is 3.67. The Labute approximate surface area is 234 Å². The van der Waals surface area contributed by atoms with Gasteiger partial charge in [0.25, 0.3) is 0 Å². The molecule has 3 nitrogen and oxygen atoms in total. The third-order valence-electron chi connectivity index (χ3n) is 7.81. The number of hydrogen-bond donors (Lipinski definition) is 1. The highest BCUT2D eigenvalue weighted by molar-refractivity contribution is 7.69. The van der Waals surface area contributed by atoms with E-state index in [2.05, 4.69) is 48.5 Å². The van der Waals surface area contributed by atoms with E-state index < -0.39 is 19.1 Å². The van der Waals surface area contributed by atoms with E-state index >= 15 is 0 Å². The fraction of sp³-hybridized carbons (Fsp3) is 0.0556. The Morgan fingerprint density at radius 2 is 0.750 bits per heavy atom. The fourth-order valence-corrected chi connectivity index (χ4v) is 8.56. The highest BCUT2D eigenvalue weighted by atomic mass is 31.2. The summed E-state index contributed by atoms with van der Waals surface area (Å²) in [6, 6.07) is 54.6. The second kappa shape index (κ2) is 9.82. The van der Waals surface area contributed by atoms with Crippen LogP contribution in [0.4, 0.5) is 0 Å². The van der Waals surface area contributed by atoms with E-state index in [9.17, 15) is 4.89 Å². The fourth-order valence-electron chi connectivity index (χ4n) is 6.12. The second-order valence-electron chi connectivity index (χ2n) is 10.0. The van der Waals surface area contributed by atoms with Crippen molar-refractivity contribution in [1.29, 1.82) is 0 Å². The van der Waals surface area contributed by atoms with Crippen molar-refractivity contribution in [3.05, 3.63) is 186 Å². The zero-order valence-electron chi connectivity index (χ0n) is 21.8. The molecule has 1 aliphatic heterocycles. The van der Waals surface area contributed by atoms with Gasteiger partial charge in [-0.3, -0.25) is 0 Å². The van der Waals surface area contributed by atoms with Gasteiger partial charge >= 0.3 is 7.94 Å². The first-order valence-electron chi connectivity index (χ1n) is 13.4. The Bertz CT molecular complexity index is 1580. The molecule has 1 fully saturated rings. The minimum Gasteiger partial charge on any atom is -0.188 e. The SMILES string of the molecule is O[P+]1(c2cccc3ccccc23)OC(c2ccccc2)(c2ccccc2)C(c2ccccc2)(c2ccccc2)O1. The van der Waals surface area contributed by atoms with Crippen molar-refractivity contribution < 1.29 is 13.9 Å². The molecule has 1 aliphatic rings. The molecule has 0 spiro atoms. The van der Waals surface area contributed by atoms with E-state index in [1.54, 1.807) is 0 Å². The Morgan fingerprint density at radius 1 is 0.400 bits per heavy atom. The Kier molecular flexibility index (Phi) is 6.11. The van der Waals surface area contributed by atoms with Crippen LogP contribution in [0.15, 0.2) is 164 Å². The number of fused-ring (bicyclic) bond motifs is 1. The summed E-state index contributed by atoms with van der Waals surface area (Å²) in [5, 5.41) is 2.59. The first kappa shape index (κ1) is 24.9. The maximum absolute atomic E-state index is 12.8. The van der Waals surface area contributed by atoms with Crippen LogP contribution < -0.4 is 5.30 Å². The van der Waals surface area contributed by atoms with Gasteiger partial charge in [0.05, 0.1) is 0 Å². The molecule has 0 saturated carbocycles. The van der Waals surface area contributed by atoms with Gasteiger partial charge in [0, 0.05) is 5.39 Å². The quantitative estimate of drug-likeness (QED) is 0.225. The van der Waals surface area contributed by atoms with Gasteiger partial charge in [-0.05, 0) is 33.7 Å². The van der Waals surface area contributed by atoms with Crippen molar-refractivity contribution in [1.82, 2.24) is 0 Å². The molecule has 0 unspecified atom stereocenters. The van der Waals surface area contributed by atoms with Gasteiger partial charge in [-0.1, -0.05) is 158 Å². The Balaban J connectivity index is 1.64. The molecule has 0 atom stereocenters. The molecule has 1 N–H and O–H groups in total. The summed E-state index contributed by atoms with van der Waals surface area (Å²) < 4.78 is 14.5. The maximum Gasteiger partial charge on any atom is 0.449 e. The van der Waals surface area contributed by atoms with Crippen molar-refractivity contribution in [2.75, 3.05) is 0 Å². The van der Waals surface area contributed by atoms with E-state index in [-0.39, 0.29) is 0 Å². The van der Waals surface area contributed by atoms with Gasteiger partial charge in [-0.25, -0.2) is 0 Å². The predicted molar refractivity (Wildman–Crippen MR) is 162 cm³/mol. The van der Waals surface area contributed by atoms with Crippen molar-refractivity contribution in [3.8, 4) is 0 Å². The molecule has 1 saturated heterocycles. The molecule has 0 aromatic heterocycles. The van der Waals surface area contributed by atoms with Crippen LogP contribution in [0.2, 0.25) is 0 Å². The predicted octanol–water partition coefficient (Wildman–Crippen LogP) is 8.15. The van der Waals surface area contributed by atoms with Gasteiger partial charge < -0.3 is 0 Å². The van der Waals surface area contributed by atoms with Gasteiger partial charge in [0.2, 0.25) is 11.2 Å². The lowest BCUT2D eigenvalue weighted by atomic mass is 9.66. The summed E-state index contributed by atoms with van der Waals surface area (Å²) in [7, 11) is -3.72. The summed E-state index contributed by atoms with van der Waals surface area (Å²) in [5.41, 5.74) is 1.13. The van der Waals surface area contributed by atoms with Crippen LogP contribution in [0.1, 0.15) is 22.3 Å². The molecular weight excluding hydrogens is 511 g/mol. The van der Waals surface area contributed by atoms with E-state index in [4.69, 9.17) is 9.05 Å². The molecule has 0 aliphatic carbocycles. The minimum atomic E-state index is -3.72. The molecule has 6 aromatic rings. The summed E-state index contributed by atoms with van der Waals surface area (Å²) in [6.07, 6.45) is 0. The monoisotopic (exact) mass is 539 g/mol. The molecule has 40 heavy (non-hydrogen) atoms. The first-order chi connectivity index (χ1) is 19.7. The highest BCUT2D eigenvalue weighted by Gasteiger charge is 2.77. The van der Waals surface area contributed by atoms with Crippen molar-refractivity contribution in [2.24, 2.45) is 0 Å². The molecule has 6 aromatic carbocycles. The largest absolute Gasteiger partial charge is 0.449 e. The van der Waals surface area contributed by atoms with Crippen LogP contribution in [-0.4, -0.2) is 4.89 Å². The van der Waals surface area contributed by atoms with Crippen molar-refractivity contribution >= 4 is 24.0 Å². The lowest BCUT2D eigenvalue weighted by Gasteiger charge is -2.40. The van der Waals surface area contributed by atoms with E-state index in [0.29, 0.717) is 5.30 Å². The maximum atomic E-state index is 12.8. The molecule has 1 heterocycles. The van der Waals surface area contributed by atoms with Gasteiger partial charge in [-0.2, -0.15) is 13.9 Å². The minimum absolute atomic E-state index is 0.663. The topological polar surface area (TPSA) is 38.7 Å². The lowest BCUT2D eigenvalue weighted by molar-refractivity contribution is 0.00370. The summed E-state index contributed by atoms with van der Waals surface area (Å²) >= 11 is 0. The molecule has 0 bridgehead atoms. The van der Waals surface area contributed by atoms with Crippen LogP contribution in [0.3, 0.4) is 0 Å². The summed E-state index contributed by atoms with van der Waals surface area (Å²) in [6.45, 7) is 0. The smallest absolute Gasteiger partial charge is 0.188 e. The molecule has 0 amide bonds. The standard InChI is InChI=1S/C36H28O3P/c37-40(34-27-15-17-28-16-13-14-26-33(28)34)38-35(29-18-5-1-6-19-29,30-20-7-2-8-21-30)36(39-40,31-22-9-3-10-23-31)32-24-11-4-12-25-32/h1-27,37H/q+1. The van der Waals surface area contributed by atoms with E-state index in [0.717, 1.165) is 33.0 Å². The van der Waals surface area contributed by atoms with E-state index in [1.807, 2.05) is 115 Å². The highest BCUT2D eigenvalue weighted by Crippen LogP contribution is 2.77. The number of hydrogen-bond acceptors (Lipinski definition) is 3. The number of benzene rings is 6. The molecule has 194 valence electrons. The summed E-state index contributed by atoms with van der Waals surface area (Å²) in [5.74, 6) is 0.